The van der Waals surface area contributed by atoms with Crippen molar-refractivity contribution in [3.05, 3.63) is 66.4 Å². The number of halogens is 1. The zero-order chi connectivity index (χ0) is 23.2. The monoisotopic (exact) mass is 460 g/mol. The Morgan fingerprint density at radius 2 is 2.00 bits per heavy atom. The Balaban J connectivity index is 1.61. The van der Waals surface area contributed by atoms with Crippen LogP contribution < -0.4 is 10.5 Å². The molecule has 2 heterocycles. The van der Waals surface area contributed by atoms with Gasteiger partial charge in [0.1, 0.15) is 29.7 Å². The highest BCUT2D eigenvalue weighted by atomic mass is 32.2. The van der Waals surface area contributed by atoms with E-state index in [-0.39, 0.29) is 0 Å². The van der Waals surface area contributed by atoms with Gasteiger partial charge in [-0.1, -0.05) is 44.4 Å². The van der Waals surface area contributed by atoms with Crippen LogP contribution >= 0.6 is 11.9 Å². The normalized spacial score (nSPS) is 10.9. The lowest BCUT2D eigenvalue weighted by Crippen LogP contribution is -1.99. The number of nitrogen functional groups attached to an aromatic ring is 1. The van der Waals surface area contributed by atoms with Crippen LogP contribution in [-0.2, 0) is 6.54 Å². The van der Waals surface area contributed by atoms with Crippen LogP contribution in [0.15, 0.2) is 59.9 Å². The van der Waals surface area contributed by atoms with Gasteiger partial charge < -0.3 is 15.0 Å². The number of fused-ring (bicyclic) bond motifs is 1. The summed E-state index contributed by atoms with van der Waals surface area (Å²) in [7, 11) is 0. The van der Waals surface area contributed by atoms with E-state index in [9.17, 15) is 5.26 Å². The van der Waals surface area contributed by atoms with Crippen molar-refractivity contribution in [2.75, 3.05) is 10.5 Å². The third kappa shape index (κ3) is 4.94. The molecule has 2 aromatic heterocycles. The van der Waals surface area contributed by atoms with Crippen LogP contribution in [0.3, 0.4) is 0 Å². The van der Waals surface area contributed by atoms with Crippen LogP contribution in [0, 0.1) is 17.1 Å². The summed E-state index contributed by atoms with van der Waals surface area (Å²) in [6.45, 7) is 3.01. The predicted molar refractivity (Wildman–Crippen MR) is 132 cm³/mol. The Hall–Kier alpha value is -3.57. The van der Waals surface area contributed by atoms with E-state index in [1.807, 2.05) is 24.4 Å². The summed E-state index contributed by atoms with van der Waals surface area (Å²) in [6, 6.07) is 14.4. The molecule has 0 aliphatic rings. The highest BCUT2D eigenvalue weighted by Crippen LogP contribution is 2.35. The van der Waals surface area contributed by atoms with E-state index in [4.69, 9.17) is 5.73 Å². The first-order chi connectivity index (χ1) is 16.1. The van der Waals surface area contributed by atoms with Crippen LogP contribution in [0.4, 0.5) is 15.9 Å². The zero-order valence-electron chi connectivity index (χ0n) is 18.4. The number of anilines is 2. The van der Waals surface area contributed by atoms with Crippen molar-refractivity contribution in [3.8, 4) is 17.2 Å². The molecular formula is C25H25FN6S. The molecule has 0 unspecified atom stereocenters. The van der Waals surface area contributed by atoms with E-state index < -0.39 is 5.82 Å². The second-order valence-corrected chi connectivity index (χ2v) is 8.61. The highest BCUT2D eigenvalue weighted by molar-refractivity contribution is 8.00. The molecule has 168 valence electrons. The van der Waals surface area contributed by atoms with Crippen LogP contribution in [0.2, 0.25) is 0 Å². The number of rotatable bonds is 9. The zero-order valence-corrected chi connectivity index (χ0v) is 19.2. The van der Waals surface area contributed by atoms with Crippen LogP contribution in [0.1, 0.15) is 38.2 Å². The largest absolute Gasteiger partial charge is 0.383 e. The molecule has 0 fully saturated rings. The van der Waals surface area contributed by atoms with Crippen molar-refractivity contribution < 1.29 is 4.39 Å². The Labute approximate surface area is 196 Å². The lowest BCUT2D eigenvalue weighted by Gasteiger charge is -2.09. The van der Waals surface area contributed by atoms with Crippen molar-refractivity contribution >= 4 is 34.5 Å². The topological polar surface area (TPSA) is 92.5 Å². The Morgan fingerprint density at radius 3 is 2.79 bits per heavy atom. The molecule has 8 heteroatoms. The minimum absolute atomic E-state index is 0.337. The van der Waals surface area contributed by atoms with Crippen LogP contribution in [0.5, 0.6) is 0 Å². The molecule has 4 aromatic rings. The SMILES string of the molecule is CCCCCCn1cc(-c2ccc(NSc3ccccc3C#N)c(F)c2)c2c(N)ncnc21. The second-order valence-electron chi connectivity index (χ2n) is 7.76. The molecule has 0 saturated heterocycles. The average molecular weight is 461 g/mol. The van der Waals surface area contributed by atoms with Gasteiger partial charge in [-0.2, -0.15) is 5.26 Å². The van der Waals surface area contributed by atoms with Gasteiger partial charge in [-0.3, -0.25) is 0 Å². The summed E-state index contributed by atoms with van der Waals surface area (Å²) in [5.74, 6) is -0.0118. The predicted octanol–water partition coefficient (Wildman–Crippen LogP) is 6.39. The maximum absolute atomic E-state index is 15.0. The average Bonchev–Trinajstić information content (AvgIpc) is 3.21. The standard InChI is InChI=1S/C25H25FN6S/c1-2-3-4-7-12-32-15-19(23-24(28)29-16-30-25(23)32)17-10-11-21(20(26)13-17)31-33-22-9-6-5-8-18(22)14-27/h5-6,8-11,13,15-16,31H,2-4,7,12H2,1H3,(H2,28,29,30). The van der Waals surface area contributed by atoms with Gasteiger partial charge in [-0.25, -0.2) is 14.4 Å². The number of nitriles is 1. The number of aryl methyl sites for hydroxylation is 1. The first kappa shape index (κ1) is 22.6. The van der Waals surface area contributed by atoms with E-state index >= 15 is 4.39 Å². The molecule has 33 heavy (non-hydrogen) atoms. The molecule has 6 nitrogen and oxygen atoms in total. The minimum Gasteiger partial charge on any atom is -0.383 e. The van der Waals surface area contributed by atoms with Gasteiger partial charge >= 0.3 is 0 Å². The summed E-state index contributed by atoms with van der Waals surface area (Å²) in [6.07, 6.45) is 8.01. The second kappa shape index (κ2) is 10.4. The number of aromatic nitrogens is 3. The molecule has 0 amide bonds. The molecule has 4 rings (SSSR count). The Bertz CT molecular complexity index is 1310. The first-order valence-electron chi connectivity index (χ1n) is 10.9. The van der Waals surface area contributed by atoms with E-state index in [0.29, 0.717) is 22.6 Å². The lowest BCUT2D eigenvalue weighted by atomic mass is 10.1. The van der Waals surface area contributed by atoms with Gasteiger partial charge in [0.2, 0.25) is 0 Å². The molecule has 3 N–H and O–H groups in total. The van der Waals surface area contributed by atoms with Crippen molar-refractivity contribution in [1.82, 2.24) is 14.5 Å². The van der Waals surface area contributed by atoms with Gasteiger partial charge in [-0.15, -0.1) is 0 Å². The number of hydrogen-bond acceptors (Lipinski definition) is 6. The van der Waals surface area contributed by atoms with Crippen molar-refractivity contribution in [2.24, 2.45) is 0 Å². The Kier molecular flexibility index (Phi) is 7.10. The summed E-state index contributed by atoms with van der Waals surface area (Å²) >= 11 is 1.21. The van der Waals surface area contributed by atoms with Gasteiger partial charge in [0.15, 0.2) is 0 Å². The minimum atomic E-state index is -0.395. The van der Waals surface area contributed by atoms with Gasteiger partial charge in [0.25, 0.3) is 0 Å². The third-order valence-corrected chi connectivity index (χ3v) is 6.39. The third-order valence-electron chi connectivity index (χ3n) is 5.49. The van der Waals surface area contributed by atoms with E-state index in [1.54, 1.807) is 18.2 Å². The van der Waals surface area contributed by atoms with Gasteiger partial charge in [0, 0.05) is 23.2 Å². The van der Waals surface area contributed by atoms with E-state index in [1.165, 1.54) is 37.2 Å². The number of nitrogens with one attached hydrogen (secondary N) is 1. The number of hydrogen-bond donors (Lipinski definition) is 2. The van der Waals surface area contributed by atoms with Crippen molar-refractivity contribution in [3.63, 3.8) is 0 Å². The van der Waals surface area contributed by atoms with Crippen molar-refractivity contribution in [1.29, 1.82) is 5.26 Å². The fraction of sp³-hybridized carbons (Fsp3) is 0.240. The summed E-state index contributed by atoms with van der Waals surface area (Å²) in [5, 5.41) is 9.98. The van der Waals surface area contributed by atoms with Gasteiger partial charge in [-0.05, 0) is 48.2 Å². The Morgan fingerprint density at radius 1 is 1.15 bits per heavy atom. The van der Waals surface area contributed by atoms with E-state index in [0.717, 1.165) is 40.9 Å². The molecule has 0 saturated carbocycles. The van der Waals surface area contributed by atoms with Crippen LogP contribution in [-0.4, -0.2) is 14.5 Å². The molecule has 0 aliphatic carbocycles. The summed E-state index contributed by atoms with van der Waals surface area (Å²) < 4.78 is 20.1. The number of nitrogens with two attached hydrogens (primary N) is 1. The molecular weight excluding hydrogens is 435 g/mol. The maximum Gasteiger partial charge on any atom is 0.147 e. The molecule has 0 aliphatic heterocycles. The van der Waals surface area contributed by atoms with Crippen molar-refractivity contribution in [2.45, 2.75) is 44.0 Å². The summed E-state index contributed by atoms with van der Waals surface area (Å²) in [4.78, 5) is 9.33. The van der Waals surface area contributed by atoms with E-state index in [2.05, 4.69) is 32.3 Å². The molecule has 0 radical (unpaired) electrons. The lowest BCUT2D eigenvalue weighted by molar-refractivity contribution is 0.591. The fourth-order valence-electron chi connectivity index (χ4n) is 3.77. The van der Waals surface area contributed by atoms with Crippen LogP contribution in [0.25, 0.3) is 22.2 Å². The number of nitrogens with zero attached hydrogens (tertiary/aromatic N) is 4. The molecule has 0 atom stereocenters. The molecule has 2 aromatic carbocycles. The number of unbranched alkanes of at least 4 members (excludes halogenated alkanes) is 3. The first-order valence-corrected chi connectivity index (χ1v) is 11.7. The molecule has 0 spiro atoms. The molecule has 0 bridgehead atoms. The highest BCUT2D eigenvalue weighted by Gasteiger charge is 2.16. The quantitative estimate of drug-likeness (QED) is 0.222. The smallest absolute Gasteiger partial charge is 0.147 e. The maximum atomic E-state index is 15.0. The number of benzene rings is 2. The fourth-order valence-corrected chi connectivity index (χ4v) is 4.52. The summed E-state index contributed by atoms with van der Waals surface area (Å²) in [5.41, 5.74) is 9.35. The van der Waals surface area contributed by atoms with Gasteiger partial charge in [0.05, 0.1) is 16.6 Å².